The smallest absolute Gasteiger partial charge is 0.370 e. The highest BCUT2D eigenvalue weighted by Crippen LogP contribution is 2.32. The third kappa shape index (κ3) is 12.5. The number of halogens is 1. The zero-order valence-corrected chi connectivity index (χ0v) is 44.0. The van der Waals surface area contributed by atoms with Crippen LogP contribution >= 0.6 is 0 Å². The molecule has 0 saturated heterocycles. The molecule has 380 valence electrons. The number of aliphatic carboxylic acids is 1. The van der Waals surface area contributed by atoms with Gasteiger partial charge in [0.25, 0.3) is 0 Å². The van der Waals surface area contributed by atoms with Gasteiger partial charge in [-0.25, -0.2) is 4.79 Å². The van der Waals surface area contributed by atoms with E-state index in [9.17, 15) is 14.7 Å². The number of benzene rings is 6. The minimum atomic E-state index is -0.859. The molecule has 0 atom stereocenters. The maximum Gasteiger partial charge on any atom is 0.370 e. The number of hydrogen-bond donors (Lipinski definition) is 1. The molecule has 1 N–H and O–H groups in total. The van der Waals surface area contributed by atoms with E-state index in [1.807, 2.05) is 59.4 Å². The molecule has 0 spiro atoms. The molecule has 10 rings (SSSR count). The van der Waals surface area contributed by atoms with E-state index in [0.717, 1.165) is 57.1 Å². The predicted molar refractivity (Wildman–Crippen MR) is 295 cm³/mol. The zero-order valence-electron chi connectivity index (χ0n) is 42.5. The van der Waals surface area contributed by atoms with Crippen LogP contribution in [-0.2, 0) is 54.7 Å². The summed E-state index contributed by atoms with van der Waals surface area (Å²) in [5.41, 5.74) is 11.2. The molecule has 10 aromatic rings. The van der Waals surface area contributed by atoms with Crippen molar-refractivity contribution in [1.29, 1.82) is 0 Å². The minimum Gasteiger partial charge on any atom is -1.00 e. The number of aromatic nitrogens is 4. The summed E-state index contributed by atoms with van der Waals surface area (Å²) in [6, 6.07) is 50.3. The van der Waals surface area contributed by atoms with Crippen LogP contribution in [-0.4, -0.2) is 79.9 Å². The number of carboxylic acid groups (broad SMARTS) is 1. The average molecular weight is 1060 g/mol. The van der Waals surface area contributed by atoms with Crippen molar-refractivity contribution in [3.05, 3.63) is 188 Å². The van der Waals surface area contributed by atoms with Crippen molar-refractivity contribution in [2.75, 3.05) is 53.9 Å². The van der Waals surface area contributed by atoms with Gasteiger partial charge in [0, 0.05) is 102 Å². The third-order valence-corrected chi connectivity index (χ3v) is 12.9. The van der Waals surface area contributed by atoms with Gasteiger partial charge in [-0.1, -0.05) is 97.1 Å². The molecule has 0 saturated carbocycles. The van der Waals surface area contributed by atoms with E-state index in [0.29, 0.717) is 46.2 Å². The van der Waals surface area contributed by atoms with Crippen LogP contribution in [0.1, 0.15) is 29.2 Å². The Balaban J connectivity index is 0.000000211. The summed E-state index contributed by atoms with van der Waals surface area (Å²) in [5, 5.41) is 16.3. The Labute approximate surface area is 442 Å². The second kappa shape index (κ2) is 26.1. The van der Waals surface area contributed by atoms with Crippen LogP contribution in [0.2, 0.25) is 0 Å². The molecule has 12 heteroatoms. The molecule has 0 radical (unpaired) electrons. The molecule has 74 heavy (non-hydrogen) atoms. The van der Waals surface area contributed by atoms with E-state index < -0.39 is 5.97 Å². The third-order valence-electron chi connectivity index (χ3n) is 12.9. The quantitative estimate of drug-likeness (QED) is 0.0466. The van der Waals surface area contributed by atoms with Gasteiger partial charge in [0.15, 0.2) is 18.2 Å². The topological polar surface area (TPSA) is 109 Å². The molecule has 0 aliphatic heterocycles. The Bertz CT molecular complexity index is 3380. The second-order valence-corrected chi connectivity index (χ2v) is 17.7. The Morgan fingerprint density at radius 2 is 0.892 bits per heavy atom. The number of ether oxygens (including phenoxy) is 4. The normalized spacial score (nSPS) is 11.5. The van der Waals surface area contributed by atoms with E-state index >= 15 is 0 Å². The molecule has 0 unspecified atom stereocenters. The van der Waals surface area contributed by atoms with Gasteiger partial charge in [0.2, 0.25) is 24.1 Å². The number of hydrogen-bond acceptors (Lipinski definition) is 6. The van der Waals surface area contributed by atoms with Crippen molar-refractivity contribution in [2.45, 2.75) is 33.1 Å². The summed E-state index contributed by atoms with van der Waals surface area (Å²) >= 11 is 0. The van der Waals surface area contributed by atoms with Crippen molar-refractivity contribution < 1.29 is 59.8 Å². The van der Waals surface area contributed by atoms with Crippen molar-refractivity contribution >= 4 is 101 Å². The Morgan fingerprint density at radius 3 is 1.32 bits per heavy atom. The summed E-state index contributed by atoms with van der Waals surface area (Å²) in [5.74, 6) is -0.718. The van der Waals surface area contributed by atoms with Gasteiger partial charge in [0.05, 0.1) is 50.4 Å². The average Bonchev–Trinajstić information content (AvgIpc) is 3.89. The van der Waals surface area contributed by atoms with E-state index in [1.54, 1.807) is 25.7 Å². The molecule has 0 bridgehead atoms. The zero-order chi connectivity index (χ0) is 49.8. The monoisotopic (exact) mass is 1050 g/mol. The highest BCUT2D eigenvalue weighted by molar-refractivity contribution is 6.10. The standard InChI is InChI=1S/C31H31N2O3.C30H28N2O4.CH3.BrH/c1-23(34)22-32-16-15-25(26-7-3-5-9-29(26)32)13-11-24-12-14-31-28(21-24)27-8-4-6-10-30(27)33(31)17-18-36-20-19-35-2;1-35-18-19-36-17-16-32-28-9-5-3-7-25(28)26-20-22(11-13-29(26)32)10-12-23-14-15-31(21-30(33)34)27-8-4-2-6-24(23)27;;/h3-16,21H,17-20,22H2,1-2H3;2-15,20H,16-19,21H2,1H3;1H3;1H/q+1;;-1;. The first-order chi connectivity index (χ1) is 35.3. The maximum atomic E-state index is 11.7. The van der Waals surface area contributed by atoms with Crippen LogP contribution in [0.5, 0.6) is 0 Å². The molecule has 4 aromatic heterocycles. The number of carbonyl (C=O) groups excluding carboxylic acids is 1. The van der Waals surface area contributed by atoms with Gasteiger partial charge in [-0.15, -0.1) is 0 Å². The fraction of sp³-hybridized carbons (Fsp3) is 0.210. The van der Waals surface area contributed by atoms with Gasteiger partial charge in [-0.05, 0) is 70.8 Å². The van der Waals surface area contributed by atoms with Crippen LogP contribution in [0.3, 0.4) is 0 Å². The molecule has 0 fully saturated rings. The second-order valence-electron chi connectivity index (χ2n) is 17.7. The number of Topliss-reactive ketones (excluding diaryl/α,β-unsaturated/α-hetero) is 1. The molecular formula is C62H63BrN4O7. The summed E-state index contributed by atoms with van der Waals surface area (Å²) in [6.45, 7) is 7.16. The fourth-order valence-corrected chi connectivity index (χ4v) is 9.57. The largest absolute Gasteiger partial charge is 1.00 e. The van der Waals surface area contributed by atoms with Crippen LogP contribution in [0.4, 0.5) is 0 Å². The predicted octanol–water partition coefficient (Wildman–Crippen LogP) is 8.27. The molecule has 0 aliphatic rings. The summed E-state index contributed by atoms with van der Waals surface area (Å²) in [6.07, 6.45) is 12.4. The Hall–Kier alpha value is -7.32. The lowest BCUT2D eigenvalue weighted by Crippen LogP contribution is -3.00. The van der Waals surface area contributed by atoms with Gasteiger partial charge in [0.1, 0.15) is 0 Å². The van der Waals surface area contributed by atoms with E-state index in [1.165, 1.54) is 43.6 Å². The van der Waals surface area contributed by atoms with E-state index in [4.69, 9.17) is 18.9 Å². The summed E-state index contributed by atoms with van der Waals surface area (Å²) in [7, 11) is 3.37. The number of rotatable bonds is 20. The lowest BCUT2D eigenvalue weighted by atomic mass is 10.1. The van der Waals surface area contributed by atoms with Crippen molar-refractivity contribution in [2.24, 2.45) is 0 Å². The van der Waals surface area contributed by atoms with E-state index in [-0.39, 0.29) is 36.7 Å². The number of fused-ring (bicyclic) bond motifs is 8. The number of pyridine rings is 2. The summed E-state index contributed by atoms with van der Waals surface area (Å²) < 4.78 is 30.0. The van der Waals surface area contributed by atoms with Crippen LogP contribution in [0.15, 0.2) is 158 Å². The van der Waals surface area contributed by atoms with Gasteiger partial charge >= 0.3 is 5.97 Å². The number of methoxy groups -OCH3 is 2. The van der Waals surface area contributed by atoms with Crippen LogP contribution < -0.4 is 26.1 Å². The van der Waals surface area contributed by atoms with Crippen LogP contribution in [0.25, 0.3) is 89.7 Å². The van der Waals surface area contributed by atoms with Crippen molar-refractivity contribution in [1.82, 2.24) is 9.13 Å². The first-order valence-electron chi connectivity index (χ1n) is 24.4. The fourth-order valence-electron chi connectivity index (χ4n) is 9.57. The number of carboxylic acids is 1. The van der Waals surface area contributed by atoms with E-state index in [2.05, 4.69) is 137 Å². The number of para-hydroxylation sites is 4. The lowest BCUT2D eigenvalue weighted by molar-refractivity contribution is -0.660. The number of nitrogens with zero attached hydrogens (tertiary/aromatic N) is 4. The molecule has 4 heterocycles. The number of carbonyl (C=O) groups is 2. The van der Waals surface area contributed by atoms with Crippen molar-refractivity contribution in [3.8, 4) is 0 Å². The van der Waals surface area contributed by atoms with Crippen molar-refractivity contribution in [3.63, 3.8) is 0 Å². The van der Waals surface area contributed by atoms with Crippen LogP contribution in [0, 0.1) is 7.43 Å². The maximum absolute atomic E-state index is 11.7. The van der Waals surface area contributed by atoms with Gasteiger partial charge < -0.3 is 57.6 Å². The molecule has 6 aromatic carbocycles. The highest BCUT2D eigenvalue weighted by atomic mass is 79.9. The lowest BCUT2D eigenvalue weighted by Gasteiger charge is -2.08. The Kier molecular flexibility index (Phi) is 19.2. The molecule has 0 aliphatic carbocycles. The first-order valence-corrected chi connectivity index (χ1v) is 24.4. The van der Waals surface area contributed by atoms with Gasteiger partial charge in [-0.3, -0.25) is 4.79 Å². The minimum absolute atomic E-state index is 0. The summed E-state index contributed by atoms with van der Waals surface area (Å²) in [4.78, 5) is 23.0. The van der Waals surface area contributed by atoms with Gasteiger partial charge in [-0.2, -0.15) is 9.13 Å². The molecular weight excluding hydrogens is 993 g/mol. The molecule has 0 amide bonds. The highest BCUT2D eigenvalue weighted by Gasteiger charge is 2.17. The Morgan fingerprint density at radius 1 is 0.486 bits per heavy atom. The SMILES string of the molecule is COCCOCCn1c2ccccc2c2cc(/C=C/c3cc[n+](CC(=O)O)c4ccccc34)ccc21.COCCOCCn1c2ccccc2c2cc(/C=C/c3cc[n+](CC(C)=O)c4ccccc34)ccc21.[Br-].[CH3-]. The number of ketones is 1. The molecule has 11 nitrogen and oxygen atoms in total. The first kappa shape index (κ1) is 54.5.